The third-order valence-electron chi connectivity index (χ3n) is 4.36. The van der Waals surface area contributed by atoms with Crippen LogP contribution in [0.15, 0.2) is 53.4 Å². The number of carbonyl (C=O) groups is 1. The van der Waals surface area contributed by atoms with Crippen molar-refractivity contribution >= 4 is 21.6 Å². The first-order valence-corrected chi connectivity index (χ1v) is 10.7. The van der Waals surface area contributed by atoms with Gasteiger partial charge in [-0.25, -0.2) is 8.42 Å². The molecule has 1 fully saturated rings. The van der Waals surface area contributed by atoms with E-state index < -0.39 is 10.0 Å². The Hall–Kier alpha value is -2.58. The number of ether oxygens (including phenoxy) is 2. The Labute approximate surface area is 165 Å². The number of amides is 1. The maximum atomic E-state index is 12.5. The van der Waals surface area contributed by atoms with Crippen LogP contribution in [0.25, 0.3) is 0 Å². The van der Waals surface area contributed by atoms with Crippen LogP contribution in [-0.2, 0) is 14.8 Å². The van der Waals surface area contributed by atoms with Crippen molar-refractivity contribution in [1.82, 2.24) is 5.32 Å². The molecule has 0 saturated carbocycles. The number of nitrogens with one attached hydrogen (secondary N) is 2. The van der Waals surface area contributed by atoms with E-state index in [1.165, 1.54) is 12.1 Å². The zero-order valence-electron chi connectivity index (χ0n) is 15.7. The molecule has 2 N–H and O–H groups in total. The molecular weight excluding hydrogens is 380 g/mol. The van der Waals surface area contributed by atoms with Gasteiger partial charge in [0, 0.05) is 24.4 Å². The predicted octanol–water partition coefficient (Wildman–Crippen LogP) is 2.79. The van der Waals surface area contributed by atoms with Gasteiger partial charge in [0.2, 0.25) is 0 Å². The average molecular weight is 404 g/mol. The van der Waals surface area contributed by atoms with E-state index in [2.05, 4.69) is 10.0 Å². The Bertz CT molecular complexity index is 889. The van der Waals surface area contributed by atoms with Gasteiger partial charge in [-0.15, -0.1) is 0 Å². The number of benzene rings is 2. The van der Waals surface area contributed by atoms with E-state index in [1.807, 2.05) is 6.92 Å². The molecule has 1 aliphatic heterocycles. The van der Waals surface area contributed by atoms with Crippen LogP contribution < -0.4 is 14.8 Å². The van der Waals surface area contributed by atoms with E-state index in [1.54, 1.807) is 36.4 Å². The molecule has 150 valence electrons. The van der Waals surface area contributed by atoms with Gasteiger partial charge in [-0.1, -0.05) is 0 Å². The van der Waals surface area contributed by atoms with Crippen molar-refractivity contribution in [3.05, 3.63) is 54.1 Å². The highest BCUT2D eigenvalue weighted by atomic mass is 32.2. The quantitative estimate of drug-likeness (QED) is 0.706. The number of hydrogen-bond donors (Lipinski definition) is 2. The van der Waals surface area contributed by atoms with Gasteiger partial charge in [-0.3, -0.25) is 9.52 Å². The van der Waals surface area contributed by atoms with Crippen LogP contribution in [0.1, 0.15) is 30.1 Å². The molecular formula is C20H24N2O5S. The number of sulfonamides is 1. The van der Waals surface area contributed by atoms with E-state index in [4.69, 9.17) is 9.47 Å². The highest BCUT2D eigenvalue weighted by Gasteiger charge is 2.17. The molecule has 2 aromatic rings. The Morgan fingerprint density at radius 1 is 1.14 bits per heavy atom. The average Bonchev–Trinajstić information content (AvgIpc) is 3.21. The Kier molecular flexibility index (Phi) is 6.53. The zero-order valence-corrected chi connectivity index (χ0v) is 16.5. The largest absolute Gasteiger partial charge is 0.494 e. The Morgan fingerprint density at radius 2 is 1.86 bits per heavy atom. The second kappa shape index (κ2) is 9.07. The van der Waals surface area contributed by atoms with E-state index in [0.29, 0.717) is 30.2 Å². The molecule has 1 saturated heterocycles. The number of hydrogen-bond acceptors (Lipinski definition) is 5. The molecule has 3 rings (SSSR count). The summed E-state index contributed by atoms with van der Waals surface area (Å²) in [5.74, 6) is 0.399. The van der Waals surface area contributed by atoms with E-state index in [9.17, 15) is 13.2 Å². The summed E-state index contributed by atoms with van der Waals surface area (Å²) in [4.78, 5) is 12.3. The maximum absolute atomic E-state index is 12.5. The lowest BCUT2D eigenvalue weighted by Gasteiger charge is -2.12. The van der Waals surface area contributed by atoms with Crippen molar-refractivity contribution in [2.75, 3.05) is 24.5 Å². The molecule has 1 amide bonds. The van der Waals surface area contributed by atoms with Crippen LogP contribution in [0, 0.1) is 0 Å². The lowest BCUT2D eigenvalue weighted by Crippen LogP contribution is -2.31. The molecule has 1 aliphatic rings. The minimum absolute atomic E-state index is 0.0733. The van der Waals surface area contributed by atoms with Gasteiger partial charge in [0.1, 0.15) is 5.75 Å². The van der Waals surface area contributed by atoms with Crippen LogP contribution in [0.3, 0.4) is 0 Å². The fourth-order valence-electron chi connectivity index (χ4n) is 2.90. The number of anilines is 1. The summed E-state index contributed by atoms with van der Waals surface area (Å²) in [5.41, 5.74) is 0.839. The van der Waals surface area contributed by atoms with Gasteiger partial charge in [-0.2, -0.15) is 0 Å². The smallest absolute Gasteiger partial charge is 0.261 e. The lowest BCUT2D eigenvalue weighted by molar-refractivity contribution is 0.0858. The molecule has 0 bridgehead atoms. The number of rotatable bonds is 8. The predicted molar refractivity (Wildman–Crippen MR) is 106 cm³/mol. The van der Waals surface area contributed by atoms with Gasteiger partial charge in [0.05, 0.1) is 17.6 Å². The lowest BCUT2D eigenvalue weighted by atomic mass is 10.2. The molecule has 1 heterocycles. The minimum Gasteiger partial charge on any atom is -0.494 e. The van der Waals surface area contributed by atoms with Gasteiger partial charge < -0.3 is 14.8 Å². The van der Waals surface area contributed by atoms with Crippen molar-refractivity contribution in [1.29, 1.82) is 0 Å². The molecule has 0 aliphatic carbocycles. The monoisotopic (exact) mass is 404 g/mol. The van der Waals surface area contributed by atoms with Gasteiger partial charge in [0.15, 0.2) is 0 Å². The van der Waals surface area contributed by atoms with Crippen molar-refractivity contribution in [2.45, 2.75) is 30.8 Å². The van der Waals surface area contributed by atoms with Crippen molar-refractivity contribution in [3.63, 3.8) is 0 Å². The molecule has 7 nitrogen and oxygen atoms in total. The fraction of sp³-hybridized carbons (Fsp3) is 0.350. The fourth-order valence-corrected chi connectivity index (χ4v) is 3.96. The SMILES string of the molecule is CCOc1ccc(S(=O)(=O)Nc2ccc(C(=O)NC[C@@H]3CCCO3)cc2)cc1. The highest BCUT2D eigenvalue weighted by molar-refractivity contribution is 7.92. The van der Waals surface area contributed by atoms with Crippen molar-refractivity contribution < 1.29 is 22.7 Å². The molecule has 2 aromatic carbocycles. The molecule has 0 spiro atoms. The molecule has 8 heteroatoms. The van der Waals surface area contributed by atoms with Gasteiger partial charge in [-0.05, 0) is 68.3 Å². The standard InChI is InChI=1S/C20H24N2O5S/c1-2-26-17-9-11-19(12-10-17)28(24,25)22-16-7-5-15(6-8-16)20(23)21-14-18-4-3-13-27-18/h5-12,18,22H,2-4,13-14H2,1H3,(H,21,23)/t18-/m0/s1. The normalized spacial score (nSPS) is 16.5. The molecule has 28 heavy (non-hydrogen) atoms. The first kappa shape index (κ1) is 20.2. The summed E-state index contributed by atoms with van der Waals surface area (Å²) in [6.07, 6.45) is 2.04. The van der Waals surface area contributed by atoms with Crippen LogP contribution in [-0.4, -0.2) is 40.2 Å². The van der Waals surface area contributed by atoms with Crippen LogP contribution in [0.2, 0.25) is 0 Å². The first-order valence-electron chi connectivity index (χ1n) is 9.23. The van der Waals surface area contributed by atoms with Crippen LogP contribution in [0.5, 0.6) is 5.75 Å². The second-order valence-corrected chi connectivity index (χ2v) is 8.11. The summed E-state index contributed by atoms with van der Waals surface area (Å²) in [6, 6.07) is 12.5. The molecule has 1 atom stereocenters. The Morgan fingerprint density at radius 3 is 2.46 bits per heavy atom. The summed E-state index contributed by atoms with van der Waals surface area (Å²) in [5, 5.41) is 2.84. The minimum atomic E-state index is -3.72. The van der Waals surface area contributed by atoms with E-state index in [-0.39, 0.29) is 16.9 Å². The summed E-state index contributed by atoms with van der Waals surface area (Å²) >= 11 is 0. The van der Waals surface area contributed by atoms with Crippen molar-refractivity contribution in [2.24, 2.45) is 0 Å². The third-order valence-corrected chi connectivity index (χ3v) is 5.76. The van der Waals surface area contributed by atoms with Crippen LogP contribution >= 0.6 is 0 Å². The van der Waals surface area contributed by atoms with Crippen molar-refractivity contribution in [3.8, 4) is 5.75 Å². The van der Waals surface area contributed by atoms with Crippen LogP contribution in [0.4, 0.5) is 5.69 Å². The highest BCUT2D eigenvalue weighted by Crippen LogP contribution is 2.20. The van der Waals surface area contributed by atoms with E-state index in [0.717, 1.165) is 19.4 Å². The topological polar surface area (TPSA) is 93.7 Å². The first-order chi connectivity index (χ1) is 13.5. The van der Waals surface area contributed by atoms with E-state index >= 15 is 0 Å². The van der Waals surface area contributed by atoms with Gasteiger partial charge >= 0.3 is 0 Å². The molecule has 0 unspecified atom stereocenters. The number of carbonyl (C=O) groups excluding carboxylic acids is 1. The summed E-state index contributed by atoms with van der Waals surface area (Å²) in [7, 11) is -3.72. The zero-order chi connectivity index (χ0) is 20.0. The summed E-state index contributed by atoms with van der Waals surface area (Å²) in [6.45, 7) is 3.59. The maximum Gasteiger partial charge on any atom is 0.261 e. The molecule has 0 aromatic heterocycles. The second-order valence-electron chi connectivity index (χ2n) is 6.43. The Balaban J connectivity index is 1.60. The summed E-state index contributed by atoms with van der Waals surface area (Å²) < 4.78 is 38.3. The van der Waals surface area contributed by atoms with Gasteiger partial charge in [0.25, 0.3) is 15.9 Å². The molecule has 0 radical (unpaired) electrons. The third kappa shape index (κ3) is 5.24.